The molecule has 0 aromatic carbocycles. The summed E-state index contributed by atoms with van der Waals surface area (Å²) in [7, 11) is 0. The summed E-state index contributed by atoms with van der Waals surface area (Å²) in [5.41, 5.74) is 0.438. The van der Waals surface area contributed by atoms with Gasteiger partial charge in [0.2, 0.25) is 0 Å². The van der Waals surface area contributed by atoms with Gasteiger partial charge in [-0.05, 0) is 49.3 Å². The van der Waals surface area contributed by atoms with Crippen LogP contribution in [0.15, 0.2) is 0 Å². The molecule has 0 saturated heterocycles. The molecule has 1 heterocycles. The third kappa shape index (κ3) is 1.72. The molecule has 0 radical (unpaired) electrons. The Kier molecular flexibility index (Phi) is 2.84. The van der Waals surface area contributed by atoms with Crippen molar-refractivity contribution in [3.8, 4) is 0 Å². The summed E-state index contributed by atoms with van der Waals surface area (Å²) in [6, 6.07) is 0. The predicted octanol–water partition coefficient (Wildman–Crippen LogP) is 4.09. The molecule has 0 N–H and O–H groups in total. The van der Waals surface area contributed by atoms with Crippen molar-refractivity contribution >= 4 is 22.6 Å². The van der Waals surface area contributed by atoms with Crippen LogP contribution in [0.25, 0.3) is 0 Å². The Morgan fingerprint density at radius 2 is 1.82 bits per heavy atom. The zero-order valence-electron chi connectivity index (χ0n) is 10.7. The van der Waals surface area contributed by atoms with Crippen molar-refractivity contribution in [2.45, 2.75) is 52.0 Å². The minimum Gasteiger partial charge on any atom is -0.257 e. The van der Waals surface area contributed by atoms with E-state index >= 15 is 0 Å². The lowest BCUT2D eigenvalue weighted by atomic mass is 9.96. The molecule has 0 unspecified atom stereocenters. The fourth-order valence-corrected chi connectivity index (χ4v) is 3.36. The molecule has 1 aliphatic rings. The molecule has 96 valence electrons. The molecule has 2 rings (SSSR count). The molecule has 0 saturated carbocycles. The van der Waals surface area contributed by atoms with Gasteiger partial charge < -0.3 is 0 Å². The third-order valence-electron chi connectivity index (χ3n) is 3.61. The van der Waals surface area contributed by atoms with Crippen LogP contribution in [0, 0.1) is 9.62 Å². The van der Waals surface area contributed by atoms with E-state index in [9.17, 15) is 8.78 Å². The summed E-state index contributed by atoms with van der Waals surface area (Å²) in [5.74, 6) is -3.57. The number of hydrogen-bond donors (Lipinski definition) is 0. The Bertz CT molecular complexity index is 460. The average Bonchev–Trinajstić information content (AvgIpc) is 2.60. The van der Waals surface area contributed by atoms with Gasteiger partial charge >= 0.3 is 0 Å². The molecule has 0 aliphatic heterocycles. The number of halogens is 3. The van der Waals surface area contributed by atoms with E-state index in [-0.39, 0.29) is 11.6 Å². The Hall–Kier alpha value is -0.200. The molecule has 0 fully saturated rings. The number of nitrogens with zero attached hydrogens (tertiary/aromatic N) is 2. The van der Waals surface area contributed by atoms with Gasteiger partial charge in [0.05, 0.1) is 5.54 Å². The molecular formula is C12H17F2IN2. The first kappa shape index (κ1) is 13.2. The molecule has 5 heteroatoms. The first-order chi connectivity index (χ1) is 7.58. The maximum absolute atomic E-state index is 14.3. The maximum atomic E-state index is 14.3. The fraction of sp³-hybridized carbons (Fsp3) is 0.750. The molecular weight excluding hydrogens is 337 g/mol. The van der Waals surface area contributed by atoms with Gasteiger partial charge in [0.25, 0.3) is 5.92 Å². The van der Waals surface area contributed by atoms with Gasteiger partial charge in [-0.3, -0.25) is 4.68 Å². The number of rotatable bonds is 0. The van der Waals surface area contributed by atoms with Crippen LogP contribution in [0.3, 0.4) is 0 Å². The number of aromatic nitrogens is 2. The van der Waals surface area contributed by atoms with Crippen molar-refractivity contribution in [1.82, 2.24) is 9.78 Å². The van der Waals surface area contributed by atoms with Gasteiger partial charge in [-0.25, -0.2) is 0 Å². The molecule has 0 bridgehead atoms. The standard InChI is InChI=1S/C12H17F2IN2/c1-6-7(2)12(13,14)9-8(6)10(15)16-17(9)11(3,4)5/h6-7H,1-5H3/t6-,7+/m0/s1. The van der Waals surface area contributed by atoms with E-state index in [1.54, 1.807) is 6.92 Å². The summed E-state index contributed by atoms with van der Waals surface area (Å²) in [4.78, 5) is 0. The Morgan fingerprint density at radius 1 is 1.29 bits per heavy atom. The lowest BCUT2D eigenvalue weighted by Crippen LogP contribution is -2.31. The highest BCUT2D eigenvalue weighted by Crippen LogP contribution is 2.54. The summed E-state index contributed by atoms with van der Waals surface area (Å²) >= 11 is 2.06. The van der Waals surface area contributed by atoms with Gasteiger partial charge in [0.1, 0.15) is 9.39 Å². The zero-order valence-corrected chi connectivity index (χ0v) is 12.8. The van der Waals surface area contributed by atoms with E-state index in [4.69, 9.17) is 0 Å². The number of hydrogen-bond acceptors (Lipinski definition) is 1. The first-order valence-electron chi connectivity index (χ1n) is 5.75. The largest absolute Gasteiger partial charge is 0.292 e. The quantitative estimate of drug-likeness (QED) is 0.642. The van der Waals surface area contributed by atoms with E-state index in [0.29, 0.717) is 3.70 Å². The summed E-state index contributed by atoms with van der Waals surface area (Å²) in [6.45, 7) is 9.19. The third-order valence-corrected chi connectivity index (χ3v) is 4.40. The zero-order chi connectivity index (χ0) is 13.2. The van der Waals surface area contributed by atoms with Crippen LogP contribution in [0.1, 0.15) is 51.8 Å². The first-order valence-corrected chi connectivity index (χ1v) is 6.83. The van der Waals surface area contributed by atoms with E-state index in [1.165, 1.54) is 4.68 Å². The van der Waals surface area contributed by atoms with Crippen LogP contribution < -0.4 is 0 Å². The minimum atomic E-state index is -2.78. The Balaban J connectivity index is 2.73. The van der Waals surface area contributed by atoms with Gasteiger partial charge in [0, 0.05) is 11.5 Å². The fourth-order valence-electron chi connectivity index (χ4n) is 2.39. The van der Waals surface area contributed by atoms with Crippen molar-refractivity contribution in [2.24, 2.45) is 5.92 Å². The summed E-state index contributed by atoms with van der Waals surface area (Å²) < 4.78 is 30.9. The molecule has 1 aliphatic carbocycles. The van der Waals surface area contributed by atoms with Crippen LogP contribution in [-0.2, 0) is 11.5 Å². The lowest BCUT2D eigenvalue weighted by Gasteiger charge is -2.26. The smallest absolute Gasteiger partial charge is 0.257 e. The Morgan fingerprint density at radius 3 is 2.29 bits per heavy atom. The van der Waals surface area contributed by atoms with Gasteiger partial charge in [-0.2, -0.15) is 13.9 Å². The van der Waals surface area contributed by atoms with E-state index in [2.05, 4.69) is 27.7 Å². The molecule has 0 amide bonds. The maximum Gasteiger partial charge on any atom is 0.292 e. The normalized spacial score (nSPS) is 27.3. The van der Waals surface area contributed by atoms with E-state index < -0.39 is 17.4 Å². The molecule has 0 spiro atoms. The highest BCUT2D eigenvalue weighted by atomic mass is 127. The predicted molar refractivity (Wildman–Crippen MR) is 71.4 cm³/mol. The SMILES string of the molecule is C[C@@H]1c2c(I)nn(C(C)(C)C)c2C(F)(F)[C@@H]1C. The van der Waals surface area contributed by atoms with Crippen LogP contribution in [0.2, 0.25) is 0 Å². The van der Waals surface area contributed by atoms with Crippen molar-refractivity contribution in [3.05, 3.63) is 15.0 Å². The van der Waals surface area contributed by atoms with Crippen LogP contribution in [-0.4, -0.2) is 9.78 Å². The van der Waals surface area contributed by atoms with Crippen molar-refractivity contribution in [2.75, 3.05) is 0 Å². The number of fused-ring (bicyclic) bond motifs is 1. The summed E-state index contributed by atoms with van der Waals surface area (Å²) in [6.07, 6.45) is 0. The van der Waals surface area contributed by atoms with Crippen molar-refractivity contribution in [1.29, 1.82) is 0 Å². The monoisotopic (exact) mass is 354 g/mol. The van der Waals surface area contributed by atoms with Crippen molar-refractivity contribution < 1.29 is 8.78 Å². The molecule has 1 aromatic rings. The molecule has 1 aromatic heterocycles. The highest BCUT2D eigenvalue weighted by Gasteiger charge is 2.55. The van der Waals surface area contributed by atoms with Gasteiger partial charge in [-0.15, -0.1) is 0 Å². The minimum absolute atomic E-state index is 0.120. The second-order valence-corrected chi connectivity index (χ2v) is 6.86. The second-order valence-electron chi connectivity index (χ2n) is 5.84. The van der Waals surface area contributed by atoms with E-state index in [0.717, 1.165) is 5.56 Å². The van der Waals surface area contributed by atoms with Gasteiger partial charge in [0.15, 0.2) is 0 Å². The molecule has 17 heavy (non-hydrogen) atoms. The topological polar surface area (TPSA) is 17.8 Å². The van der Waals surface area contributed by atoms with Crippen LogP contribution in [0.5, 0.6) is 0 Å². The Labute approximate surface area is 114 Å². The van der Waals surface area contributed by atoms with Crippen LogP contribution in [0.4, 0.5) is 8.78 Å². The second kappa shape index (κ2) is 3.65. The number of alkyl halides is 2. The highest BCUT2D eigenvalue weighted by molar-refractivity contribution is 14.1. The van der Waals surface area contributed by atoms with Gasteiger partial charge in [-0.1, -0.05) is 13.8 Å². The average molecular weight is 354 g/mol. The lowest BCUT2D eigenvalue weighted by molar-refractivity contribution is -0.0614. The van der Waals surface area contributed by atoms with Crippen molar-refractivity contribution in [3.63, 3.8) is 0 Å². The van der Waals surface area contributed by atoms with Crippen LogP contribution >= 0.6 is 22.6 Å². The molecule has 2 atom stereocenters. The molecule has 2 nitrogen and oxygen atoms in total. The summed E-state index contributed by atoms with van der Waals surface area (Å²) in [5, 5.41) is 4.31. The van der Waals surface area contributed by atoms with E-state index in [1.807, 2.05) is 27.7 Å².